The van der Waals surface area contributed by atoms with E-state index in [1.165, 1.54) is 6.07 Å². The molecule has 0 radical (unpaired) electrons. The molecule has 1 saturated heterocycles. The number of nitrogens with one attached hydrogen (secondary N) is 1. The summed E-state index contributed by atoms with van der Waals surface area (Å²) in [5.74, 6) is -2.74. The van der Waals surface area contributed by atoms with E-state index in [-0.39, 0.29) is 5.91 Å². The first-order chi connectivity index (χ1) is 18.6. The third kappa shape index (κ3) is 5.40. The Kier molecular flexibility index (Phi) is 7.18. The molecule has 3 aromatic rings. The van der Waals surface area contributed by atoms with Gasteiger partial charge in [-0.25, -0.2) is 8.78 Å². The number of hydrogen-bond donors (Lipinski definition) is 1. The number of oxime groups is 1. The zero-order valence-electron chi connectivity index (χ0n) is 22.1. The molecule has 2 aliphatic heterocycles. The molecule has 2 amide bonds. The van der Waals surface area contributed by atoms with Gasteiger partial charge >= 0.3 is 0 Å². The Labute approximate surface area is 226 Å². The van der Waals surface area contributed by atoms with Gasteiger partial charge in [-0.1, -0.05) is 35.5 Å². The normalized spacial score (nSPS) is 19.4. The van der Waals surface area contributed by atoms with E-state index in [1.54, 1.807) is 19.1 Å². The number of carbonyl (C=O) groups excluding carboxylic acids is 2. The van der Waals surface area contributed by atoms with Gasteiger partial charge in [0.2, 0.25) is 5.60 Å². The van der Waals surface area contributed by atoms with Gasteiger partial charge in [0, 0.05) is 43.9 Å². The smallest absolute Gasteiger partial charge is 0.269 e. The SMILES string of the molecule is Cc1ccc(C2=NOC(C)(C(=O)N3CCN(C)CC3)C2)cc1-c1ccc(NC(=O)c2c(F)cccc2F)cc1. The minimum atomic E-state index is -1.03. The van der Waals surface area contributed by atoms with Crippen molar-refractivity contribution in [2.45, 2.75) is 25.9 Å². The fourth-order valence-electron chi connectivity index (χ4n) is 4.91. The van der Waals surface area contributed by atoms with E-state index in [0.29, 0.717) is 30.9 Å². The number of nitrogens with zero attached hydrogens (tertiary/aromatic N) is 3. The predicted molar refractivity (Wildman–Crippen MR) is 146 cm³/mol. The zero-order chi connectivity index (χ0) is 27.7. The van der Waals surface area contributed by atoms with Gasteiger partial charge in [0.15, 0.2) is 0 Å². The summed E-state index contributed by atoms with van der Waals surface area (Å²) in [4.78, 5) is 35.4. The Morgan fingerprint density at radius 1 is 0.949 bits per heavy atom. The molecule has 1 atom stereocenters. The van der Waals surface area contributed by atoms with Crippen molar-refractivity contribution in [1.29, 1.82) is 0 Å². The van der Waals surface area contributed by atoms with Crippen molar-refractivity contribution in [3.05, 3.63) is 89.0 Å². The summed E-state index contributed by atoms with van der Waals surface area (Å²) in [7, 11) is 2.04. The molecule has 7 nitrogen and oxygen atoms in total. The van der Waals surface area contributed by atoms with Gasteiger partial charge in [-0.3, -0.25) is 9.59 Å². The van der Waals surface area contributed by atoms with E-state index < -0.39 is 28.7 Å². The van der Waals surface area contributed by atoms with Crippen molar-refractivity contribution in [3.63, 3.8) is 0 Å². The second-order valence-corrected chi connectivity index (χ2v) is 10.3. The van der Waals surface area contributed by atoms with Gasteiger partial charge in [-0.15, -0.1) is 0 Å². The number of aryl methyl sites for hydroxylation is 1. The molecule has 0 saturated carbocycles. The minimum Gasteiger partial charge on any atom is -0.379 e. The van der Waals surface area contributed by atoms with Gasteiger partial charge in [0.1, 0.15) is 17.2 Å². The van der Waals surface area contributed by atoms with Gasteiger partial charge in [-0.05, 0) is 67.9 Å². The van der Waals surface area contributed by atoms with Crippen LogP contribution in [0, 0.1) is 18.6 Å². The Bertz CT molecular complexity index is 1430. The molecule has 39 heavy (non-hydrogen) atoms. The van der Waals surface area contributed by atoms with Crippen molar-refractivity contribution in [2.24, 2.45) is 5.16 Å². The number of rotatable bonds is 5. The largest absolute Gasteiger partial charge is 0.379 e. The average molecular weight is 533 g/mol. The van der Waals surface area contributed by atoms with Crippen molar-refractivity contribution in [3.8, 4) is 11.1 Å². The summed E-state index contributed by atoms with van der Waals surface area (Å²) in [5, 5.41) is 6.84. The molecule has 3 aromatic carbocycles. The van der Waals surface area contributed by atoms with Crippen LogP contribution in [0.4, 0.5) is 14.5 Å². The van der Waals surface area contributed by atoms with Crippen LogP contribution in [-0.4, -0.2) is 66.2 Å². The Balaban J connectivity index is 1.30. The number of likely N-dealkylation sites (N-methyl/N-ethyl adjacent to an activating group) is 1. The minimum absolute atomic E-state index is 0.0467. The lowest BCUT2D eigenvalue weighted by atomic mass is 9.91. The Hall–Kier alpha value is -4.11. The van der Waals surface area contributed by atoms with Crippen molar-refractivity contribution < 1.29 is 23.2 Å². The van der Waals surface area contributed by atoms with E-state index >= 15 is 0 Å². The van der Waals surface area contributed by atoms with Gasteiger partial charge in [-0.2, -0.15) is 0 Å². The molecule has 2 aliphatic rings. The highest BCUT2D eigenvalue weighted by Gasteiger charge is 2.45. The van der Waals surface area contributed by atoms with E-state index in [4.69, 9.17) is 4.84 Å². The summed E-state index contributed by atoms with van der Waals surface area (Å²) in [6.45, 7) is 6.79. The maximum Gasteiger partial charge on any atom is 0.269 e. The van der Waals surface area contributed by atoms with Crippen LogP contribution in [0.15, 0.2) is 65.8 Å². The van der Waals surface area contributed by atoms with Crippen LogP contribution in [0.2, 0.25) is 0 Å². The molecule has 1 N–H and O–H groups in total. The highest BCUT2D eigenvalue weighted by atomic mass is 19.1. The molecule has 202 valence electrons. The lowest BCUT2D eigenvalue weighted by Crippen LogP contribution is -2.54. The fourth-order valence-corrected chi connectivity index (χ4v) is 4.91. The number of piperazine rings is 1. The summed E-state index contributed by atoms with van der Waals surface area (Å²) in [6, 6.07) is 16.3. The van der Waals surface area contributed by atoms with Crippen LogP contribution in [-0.2, 0) is 9.63 Å². The molecule has 0 spiro atoms. The van der Waals surface area contributed by atoms with E-state index in [0.717, 1.165) is 47.5 Å². The number of benzene rings is 3. The molecule has 9 heteroatoms. The van der Waals surface area contributed by atoms with Crippen LogP contribution in [0.5, 0.6) is 0 Å². The average Bonchev–Trinajstić information content (AvgIpc) is 3.32. The lowest BCUT2D eigenvalue weighted by Gasteiger charge is -2.36. The van der Waals surface area contributed by atoms with E-state index in [1.807, 2.05) is 49.2 Å². The molecule has 0 bridgehead atoms. The fraction of sp³-hybridized carbons (Fsp3) is 0.300. The predicted octanol–water partition coefficient (Wildman–Crippen LogP) is 4.85. The standard InChI is InChI=1S/C30H30F2N4O3/c1-19-7-8-21(26-18-30(2,39-34-26)29(38)36-15-13-35(3)14-16-36)17-23(19)20-9-11-22(12-10-20)33-28(37)27-24(31)5-4-6-25(27)32/h4-12,17H,13-16,18H2,1-3H3,(H,33,37). The third-order valence-electron chi connectivity index (χ3n) is 7.32. The Morgan fingerprint density at radius 2 is 1.59 bits per heavy atom. The second kappa shape index (κ2) is 10.6. The number of hydrogen-bond acceptors (Lipinski definition) is 5. The summed E-state index contributed by atoms with van der Waals surface area (Å²) < 4.78 is 27.9. The van der Waals surface area contributed by atoms with Crippen molar-refractivity contribution in [1.82, 2.24) is 9.80 Å². The maximum atomic E-state index is 14.0. The van der Waals surface area contributed by atoms with Crippen LogP contribution >= 0.6 is 0 Å². The Morgan fingerprint density at radius 3 is 2.26 bits per heavy atom. The monoisotopic (exact) mass is 532 g/mol. The number of amides is 2. The molecular formula is C30H30F2N4O3. The molecule has 1 fully saturated rings. The number of anilines is 1. The molecule has 2 heterocycles. The molecule has 0 aromatic heterocycles. The number of carbonyl (C=O) groups is 2. The lowest BCUT2D eigenvalue weighted by molar-refractivity contribution is -0.154. The molecule has 0 aliphatic carbocycles. The van der Waals surface area contributed by atoms with Gasteiger partial charge < -0.3 is 20.0 Å². The quantitative estimate of drug-likeness (QED) is 0.510. The van der Waals surface area contributed by atoms with E-state index in [9.17, 15) is 18.4 Å². The highest BCUT2D eigenvalue weighted by molar-refractivity contribution is 6.06. The van der Waals surface area contributed by atoms with Crippen LogP contribution < -0.4 is 5.32 Å². The van der Waals surface area contributed by atoms with Crippen molar-refractivity contribution >= 4 is 23.2 Å². The topological polar surface area (TPSA) is 74.2 Å². The molecular weight excluding hydrogens is 502 g/mol. The van der Waals surface area contributed by atoms with Crippen molar-refractivity contribution in [2.75, 3.05) is 38.5 Å². The van der Waals surface area contributed by atoms with Crippen LogP contribution in [0.1, 0.15) is 34.8 Å². The summed E-state index contributed by atoms with van der Waals surface area (Å²) >= 11 is 0. The first-order valence-corrected chi connectivity index (χ1v) is 12.8. The molecule has 5 rings (SSSR count). The zero-order valence-corrected chi connectivity index (χ0v) is 22.1. The van der Waals surface area contributed by atoms with Crippen LogP contribution in [0.3, 0.4) is 0 Å². The van der Waals surface area contributed by atoms with Crippen LogP contribution in [0.25, 0.3) is 11.1 Å². The van der Waals surface area contributed by atoms with Gasteiger partial charge in [0.05, 0.1) is 5.71 Å². The second-order valence-electron chi connectivity index (χ2n) is 10.3. The van der Waals surface area contributed by atoms with Gasteiger partial charge in [0.25, 0.3) is 11.8 Å². The molecule has 1 unspecified atom stereocenters. The summed E-state index contributed by atoms with van der Waals surface area (Å²) in [5.41, 5.74) is 3.19. The number of halogens is 2. The first-order valence-electron chi connectivity index (χ1n) is 12.8. The first kappa shape index (κ1) is 26.5. The van der Waals surface area contributed by atoms with E-state index in [2.05, 4.69) is 15.4 Å². The highest BCUT2D eigenvalue weighted by Crippen LogP contribution is 2.32. The third-order valence-corrected chi connectivity index (χ3v) is 7.32. The summed E-state index contributed by atoms with van der Waals surface area (Å²) in [6.07, 6.45) is 0.373. The maximum absolute atomic E-state index is 14.0.